The topological polar surface area (TPSA) is 148 Å². The maximum absolute atomic E-state index is 12.3. The number of phosphoric ester groups is 1. The smallest absolute Gasteiger partial charge is 0.469 e. The zero-order valence-electron chi connectivity index (χ0n) is 18.1. The lowest BCUT2D eigenvalue weighted by Crippen LogP contribution is -2.44. The average molecular weight is 491 g/mol. The molecule has 2 saturated heterocycles. The van der Waals surface area contributed by atoms with E-state index in [0.717, 1.165) is 11.1 Å². The minimum absolute atomic E-state index is 0.0454. The molecule has 1 aromatic heterocycles. The third-order valence-corrected chi connectivity index (χ3v) is 6.39. The summed E-state index contributed by atoms with van der Waals surface area (Å²) < 4.78 is 31.7. The summed E-state index contributed by atoms with van der Waals surface area (Å²) in [7, 11) is -4.66. The van der Waals surface area contributed by atoms with Gasteiger partial charge in [0, 0.05) is 11.8 Å². The van der Waals surface area contributed by atoms with Gasteiger partial charge in [-0.3, -0.25) is 14.3 Å². The third-order valence-electron chi connectivity index (χ3n) is 5.90. The van der Waals surface area contributed by atoms with E-state index in [2.05, 4.69) is 9.51 Å². The van der Waals surface area contributed by atoms with Crippen molar-refractivity contribution in [3.63, 3.8) is 0 Å². The Labute approximate surface area is 194 Å². The Morgan fingerprint density at radius 1 is 1.15 bits per heavy atom. The summed E-state index contributed by atoms with van der Waals surface area (Å²) in [6, 6.07) is 8.77. The molecule has 1 unspecified atom stereocenters. The van der Waals surface area contributed by atoms with E-state index in [1.165, 1.54) is 4.90 Å². The largest absolute Gasteiger partial charge is 0.489 e. The second-order valence-corrected chi connectivity index (χ2v) is 9.31. The molecule has 2 aromatic rings. The molecule has 5 rings (SSSR count). The molecule has 2 amide bonds. The predicted octanol–water partition coefficient (Wildman–Crippen LogP) is 2.68. The Morgan fingerprint density at radius 2 is 1.94 bits per heavy atom. The number of carbonyl (C=O) groups excluding carboxylic acids is 2. The number of hydrogen-bond acceptors (Lipinski definition) is 8. The number of amides is 2. The van der Waals surface area contributed by atoms with Crippen LogP contribution < -0.4 is 14.5 Å². The lowest BCUT2D eigenvalue weighted by Gasteiger charge is -2.31. The molecule has 3 aliphatic rings. The van der Waals surface area contributed by atoms with Crippen LogP contribution in [0.3, 0.4) is 0 Å². The van der Waals surface area contributed by atoms with Gasteiger partial charge in [0.2, 0.25) is 0 Å². The van der Waals surface area contributed by atoms with Gasteiger partial charge < -0.3 is 24.0 Å². The third kappa shape index (κ3) is 4.21. The van der Waals surface area contributed by atoms with Crippen molar-refractivity contribution in [1.82, 2.24) is 4.98 Å². The molecule has 1 aromatic carbocycles. The summed E-state index contributed by atoms with van der Waals surface area (Å²) in [4.78, 5) is 49.3. The van der Waals surface area contributed by atoms with Crippen LogP contribution in [0.25, 0.3) is 11.1 Å². The van der Waals surface area contributed by atoms with E-state index in [1.54, 1.807) is 23.2 Å². The highest BCUT2D eigenvalue weighted by molar-refractivity contribution is 7.46. The Hall–Kier alpha value is -3.18. The van der Waals surface area contributed by atoms with Gasteiger partial charge in [0.05, 0.1) is 18.8 Å². The summed E-state index contributed by atoms with van der Waals surface area (Å²) in [5.74, 6) is 0.900. The minimum atomic E-state index is -4.66. The van der Waals surface area contributed by atoms with E-state index >= 15 is 0 Å². The number of cyclic esters (lactones) is 2. The first-order valence-corrected chi connectivity index (χ1v) is 12.2. The number of phosphoric acid groups is 1. The Kier molecular flexibility index (Phi) is 5.68. The van der Waals surface area contributed by atoms with Crippen LogP contribution in [0.15, 0.2) is 36.5 Å². The van der Waals surface area contributed by atoms with Gasteiger partial charge in [-0.05, 0) is 36.2 Å². The summed E-state index contributed by atoms with van der Waals surface area (Å²) >= 11 is 0. The van der Waals surface area contributed by atoms with Crippen molar-refractivity contribution in [1.29, 1.82) is 0 Å². The first-order valence-electron chi connectivity index (χ1n) is 10.6. The number of aromatic nitrogens is 1. The molecule has 4 heterocycles. The number of benzene rings is 1. The molecule has 0 bridgehead atoms. The van der Waals surface area contributed by atoms with E-state index in [-0.39, 0.29) is 24.8 Å². The highest BCUT2D eigenvalue weighted by atomic mass is 31.2. The van der Waals surface area contributed by atoms with Crippen LogP contribution in [-0.4, -0.2) is 65.0 Å². The van der Waals surface area contributed by atoms with Crippen molar-refractivity contribution >= 4 is 31.5 Å². The van der Waals surface area contributed by atoms with Gasteiger partial charge >= 0.3 is 20.0 Å². The molecule has 0 radical (unpaired) electrons. The van der Waals surface area contributed by atoms with Crippen LogP contribution in [0, 0.1) is 0 Å². The van der Waals surface area contributed by atoms with Crippen molar-refractivity contribution in [3.05, 3.63) is 36.5 Å². The number of pyridine rings is 1. The summed E-state index contributed by atoms with van der Waals surface area (Å²) in [6.45, 7) is 1.94. The van der Waals surface area contributed by atoms with Crippen LogP contribution in [0.1, 0.15) is 13.3 Å². The maximum Gasteiger partial charge on any atom is 0.469 e. The van der Waals surface area contributed by atoms with Gasteiger partial charge in [0.1, 0.15) is 36.4 Å². The van der Waals surface area contributed by atoms with Crippen molar-refractivity contribution in [2.75, 3.05) is 29.6 Å². The average Bonchev–Trinajstić information content (AvgIpc) is 3.36. The molecule has 3 aliphatic heterocycles. The normalized spacial score (nSPS) is 23.8. The van der Waals surface area contributed by atoms with Gasteiger partial charge in [0.15, 0.2) is 0 Å². The lowest BCUT2D eigenvalue weighted by atomic mass is 10.0. The van der Waals surface area contributed by atoms with Gasteiger partial charge in [-0.1, -0.05) is 13.0 Å². The standard InChI is InChI=1S/C21H22N3O9P/c1-2-17-16-11-30-18-7-12(3-5-15(18)24(16)21(26)33-17)13-4-6-19(22-8-13)23-9-14(32-20(23)25)10-31-34(27,28)29/h3-8,14,16-17H,2,9-11H2,1H3,(H2,27,28,29)/t14?,16-,17-/m0/s1. The fraction of sp³-hybridized carbons (Fsp3) is 0.381. The molecule has 12 nitrogen and oxygen atoms in total. The van der Waals surface area contributed by atoms with Crippen LogP contribution in [0.2, 0.25) is 0 Å². The van der Waals surface area contributed by atoms with E-state index < -0.39 is 26.6 Å². The Bertz CT molecular complexity index is 1170. The lowest BCUT2D eigenvalue weighted by molar-refractivity contribution is 0.0880. The molecule has 180 valence electrons. The number of anilines is 2. The Balaban J connectivity index is 1.31. The second-order valence-electron chi connectivity index (χ2n) is 8.07. The summed E-state index contributed by atoms with van der Waals surface area (Å²) in [6.07, 6.45) is 0.225. The van der Waals surface area contributed by atoms with E-state index in [1.807, 2.05) is 25.1 Å². The van der Waals surface area contributed by atoms with Crippen LogP contribution in [-0.2, 0) is 18.6 Å². The molecule has 34 heavy (non-hydrogen) atoms. The van der Waals surface area contributed by atoms with Gasteiger partial charge in [-0.25, -0.2) is 19.1 Å². The summed E-state index contributed by atoms with van der Waals surface area (Å²) in [5.41, 5.74) is 2.24. The highest BCUT2D eigenvalue weighted by Crippen LogP contribution is 2.41. The zero-order valence-corrected chi connectivity index (χ0v) is 19.0. The maximum atomic E-state index is 12.3. The molecule has 2 fully saturated rings. The van der Waals surface area contributed by atoms with E-state index in [9.17, 15) is 14.2 Å². The van der Waals surface area contributed by atoms with E-state index in [4.69, 9.17) is 24.0 Å². The van der Waals surface area contributed by atoms with Crippen molar-refractivity contribution in [3.8, 4) is 16.9 Å². The molecule has 0 saturated carbocycles. The highest BCUT2D eigenvalue weighted by Gasteiger charge is 2.45. The van der Waals surface area contributed by atoms with Crippen LogP contribution in [0.4, 0.5) is 21.1 Å². The van der Waals surface area contributed by atoms with Gasteiger partial charge in [-0.2, -0.15) is 0 Å². The van der Waals surface area contributed by atoms with Crippen LogP contribution >= 0.6 is 7.82 Å². The van der Waals surface area contributed by atoms with Crippen molar-refractivity contribution in [2.45, 2.75) is 31.6 Å². The quantitative estimate of drug-likeness (QED) is 0.578. The Morgan fingerprint density at radius 3 is 2.65 bits per heavy atom. The first kappa shape index (κ1) is 22.6. The SMILES string of the molecule is CC[C@@H]1OC(=O)N2c3ccc(-c4ccc(N5CC(COP(=O)(O)O)OC5=O)nc4)cc3OC[C@@H]12. The second kappa shape index (κ2) is 8.55. The zero-order chi connectivity index (χ0) is 24.0. The molecule has 2 N–H and O–H groups in total. The number of fused-ring (bicyclic) bond motifs is 3. The minimum Gasteiger partial charge on any atom is -0.489 e. The van der Waals surface area contributed by atoms with Gasteiger partial charge in [0.25, 0.3) is 0 Å². The molecular weight excluding hydrogens is 469 g/mol. The first-order chi connectivity index (χ1) is 16.2. The van der Waals surface area contributed by atoms with E-state index in [0.29, 0.717) is 30.3 Å². The number of nitrogens with zero attached hydrogens (tertiary/aromatic N) is 3. The molecular formula is C21H22N3O9P. The van der Waals surface area contributed by atoms with Crippen molar-refractivity contribution < 1.29 is 42.7 Å². The molecule has 0 aliphatic carbocycles. The number of rotatable bonds is 6. The van der Waals surface area contributed by atoms with Crippen molar-refractivity contribution in [2.24, 2.45) is 0 Å². The number of ether oxygens (including phenoxy) is 3. The van der Waals surface area contributed by atoms with Gasteiger partial charge in [-0.15, -0.1) is 0 Å². The predicted molar refractivity (Wildman–Crippen MR) is 118 cm³/mol. The van der Waals surface area contributed by atoms with Crippen LogP contribution in [0.5, 0.6) is 5.75 Å². The summed E-state index contributed by atoms with van der Waals surface area (Å²) in [5, 5.41) is 0. The fourth-order valence-electron chi connectivity index (χ4n) is 4.26. The number of carbonyl (C=O) groups is 2. The monoisotopic (exact) mass is 491 g/mol. The molecule has 0 spiro atoms. The molecule has 13 heteroatoms. The fourth-order valence-corrected chi connectivity index (χ4v) is 4.62. The number of hydrogen-bond donors (Lipinski definition) is 2. The molecule has 3 atom stereocenters.